The molecule has 0 aromatic carbocycles. The summed E-state index contributed by atoms with van der Waals surface area (Å²) in [5.74, 6) is 0.394. The molecule has 1 spiro atoms. The van der Waals surface area contributed by atoms with Crippen LogP contribution in [0.4, 0.5) is 5.82 Å². The largest absolute Gasteiger partial charge is 0.390 e. The predicted octanol–water partition coefficient (Wildman–Crippen LogP) is 2.13. The van der Waals surface area contributed by atoms with E-state index in [1.54, 1.807) is 10.6 Å². The topological polar surface area (TPSA) is 124 Å². The van der Waals surface area contributed by atoms with Crippen molar-refractivity contribution in [3.05, 3.63) is 53.8 Å². The molecule has 160 valence electrons. The second-order valence-electron chi connectivity index (χ2n) is 8.56. The van der Waals surface area contributed by atoms with Crippen LogP contribution >= 0.6 is 11.6 Å². The Balaban J connectivity index is 1.31. The minimum absolute atomic E-state index is 0.194. The summed E-state index contributed by atoms with van der Waals surface area (Å²) in [7, 11) is 0. The lowest BCUT2D eigenvalue weighted by Gasteiger charge is -2.26. The van der Waals surface area contributed by atoms with E-state index in [1.807, 2.05) is 35.2 Å². The number of hydrogen-bond donors (Lipinski definition) is 3. The van der Waals surface area contributed by atoms with Gasteiger partial charge in [0.2, 0.25) is 0 Å². The van der Waals surface area contributed by atoms with E-state index >= 15 is 0 Å². The van der Waals surface area contributed by atoms with E-state index in [9.17, 15) is 10.2 Å². The fourth-order valence-corrected chi connectivity index (χ4v) is 5.43. The highest BCUT2D eigenvalue weighted by Gasteiger charge is 2.57. The Morgan fingerprint density at radius 3 is 2.90 bits per heavy atom. The first-order valence-electron chi connectivity index (χ1n) is 10.1. The fourth-order valence-electron chi connectivity index (χ4n) is 5.23. The van der Waals surface area contributed by atoms with E-state index in [1.165, 1.54) is 6.33 Å². The van der Waals surface area contributed by atoms with Gasteiger partial charge in [-0.2, -0.15) is 0 Å². The summed E-state index contributed by atoms with van der Waals surface area (Å²) in [6, 6.07) is 5.41. The highest BCUT2D eigenvalue weighted by molar-refractivity contribution is 6.29. The number of nitrogens with zero attached hydrogens (tertiary/aromatic N) is 5. The van der Waals surface area contributed by atoms with E-state index in [0.29, 0.717) is 36.1 Å². The number of aliphatic hydroxyl groups excluding tert-OH is 2. The number of rotatable bonds is 2. The zero-order chi connectivity index (χ0) is 21.3. The van der Waals surface area contributed by atoms with Crippen LogP contribution in [0.3, 0.4) is 0 Å². The molecular formula is C21H21ClN6O3. The van der Waals surface area contributed by atoms with Gasteiger partial charge in [-0.05, 0) is 36.6 Å². The number of aliphatic hydroxyl groups is 2. The second-order valence-corrected chi connectivity index (χ2v) is 8.95. The fraction of sp³-hybridized carbons (Fsp3) is 0.381. The first-order valence-corrected chi connectivity index (χ1v) is 10.5. The van der Waals surface area contributed by atoms with Crippen LogP contribution in [0, 0.1) is 5.41 Å². The van der Waals surface area contributed by atoms with E-state index in [2.05, 4.69) is 15.0 Å². The number of halogens is 1. The van der Waals surface area contributed by atoms with Crippen molar-refractivity contribution in [2.45, 2.75) is 37.2 Å². The summed E-state index contributed by atoms with van der Waals surface area (Å²) >= 11 is 6.12. The van der Waals surface area contributed by atoms with Crippen LogP contribution in [0.15, 0.2) is 43.1 Å². The molecule has 4 aromatic rings. The average molecular weight is 441 g/mol. The zero-order valence-electron chi connectivity index (χ0n) is 16.5. The van der Waals surface area contributed by atoms with Crippen molar-refractivity contribution in [2.75, 3.05) is 12.3 Å². The Labute approximate surface area is 182 Å². The van der Waals surface area contributed by atoms with Crippen molar-refractivity contribution in [3.8, 4) is 0 Å². The van der Waals surface area contributed by atoms with Gasteiger partial charge in [0.15, 0.2) is 0 Å². The van der Waals surface area contributed by atoms with Gasteiger partial charge in [-0.1, -0.05) is 11.6 Å². The molecule has 0 unspecified atom stereocenters. The smallest absolute Gasteiger partial charge is 0.145 e. The molecule has 4 aromatic heterocycles. The molecule has 2 fully saturated rings. The van der Waals surface area contributed by atoms with Crippen molar-refractivity contribution >= 4 is 34.1 Å². The molecule has 4 N–H and O–H groups in total. The van der Waals surface area contributed by atoms with E-state index < -0.39 is 17.6 Å². The standard InChI is InChI=1S/C21H21ClN6O3/c22-15-8-24-16-5-11(1-3-28(15)16)14-7-21(9-31-14)6-13(17(29)18(21)30)27-4-2-12-19(23)25-10-26-20(12)27/h1-5,8,10,13-14,17-18,29-30H,6-7,9H2,(H2,23,25,26)/t13-,14-,17+,18+,21-/m1/s1. The van der Waals surface area contributed by atoms with Gasteiger partial charge >= 0.3 is 0 Å². The zero-order valence-corrected chi connectivity index (χ0v) is 17.2. The number of nitrogen functional groups attached to an aromatic ring is 1. The van der Waals surface area contributed by atoms with Gasteiger partial charge < -0.3 is 25.3 Å². The summed E-state index contributed by atoms with van der Waals surface area (Å²) in [5.41, 5.74) is 7.78. The van der Waals surface area contributed by atoms with Crippen LogP contribution in [0.1, 0.15) is 30.6 Å². The molecule has 0 amide bonds. The molecule has 1 saturated carbocycles. The van der Waals surface area contributed by atoms with Gasteiger partial charge in [0, 0.05) is 17.8 Å². The third-order valence-electron chi connectivity index (χ3n) is 6.89. The number of hydrogen-bond acceptors (Lipinski definition) is 7. The maximum Gasteiger partial charge on any atom is 0.145 e. The third kappa shape index (κ3) is 2.71. The molecule has 1 aliphatic heterocycles. The van der Waals surface area contributed by atoms with Crippen LogP contribution in [0.25, 0.3) is 16.7 Å². The molecular weight excluding hydrogens is 420 g/mol. The molecule has 0 bridgehead atoms. The highest BCUT2D eigenvalue weighted by atomic mass is 35.5. The van der Waals surface area contributed by atoms with Crippen LogP contribution in [-0.2, 0) is 4.74 Å². The van der Waals surface area contributed by atoms with Crippen LogP contribution in [0.2, 0.25) is 5.15 Å². The minimum atomic E-state index is -0.942. The maximum absolute atomic E-state index is 11.0. The van der Waals surface area contributed by atoms with E-state index in [-0.39, 0.29) is 12.1 Å². The number of nitrogens with two attached hydrogens (primary N) is 1. The lowest BCUT2D eigenvalue weighted by molar-refractivity contribution is -0.0309. The summed E-state index contributed by atoms with van der Waals surface area (Å²) < 4.78 is 9.81. The first-order chi connectivity index (χ1) is 15.0. The van der Waals surface area contributed by atoms with E-state index in [0.717, 1.165) is 16.6 Å². The van der Waals surface area contributed by atoms with Crippen molar-refractivity contribution in [1.29, 1.82) is 0 Å². The van der Waals surface area contributed by atoms with Gasteiger partial charge in [-0.3, -0.25) is 4.40 Å². The molecule has 1 saturated heterocycles. The second kappa shape index (κ2) is 6.64. The van der Waals surface area contributed by atoms with Crippen LogP contribution in [-0.4, -0.2) is 52.9 Å². The lowest BCUT2D eigenvalue weighted by atomic mass is 9.80. The maximum atomic E-state index is 11.0. The quantitative estimate of drug-likeness (QED) is 0.436. The number of pyridine rings is 1. The van der Waals surface area contributed by atoms with Crippen LogP contribution in [0.5, 0.6) is 0 Å². The molecule has 5 heterocycles. The molecule has 10 heteroatoms. The summed E-state index contributed by atoms with van der Waals surface area (Å²) in [6.07, 6.45) is 5.85. The number of imidazole rings is 1. The van der Waals surface area contributed by atoms with Crippen LogP contribution < -0.4 is 5.73 Å². The van der Waals surface area contributed by atoms with Crippen molar-refractivity contribution in [3.63, 3.8) is 0 Å². The van der Waals surface area contributed by atoms with Gasteiger partial charge in [-0.25, -0.2) is 15.0 Å². The van der Waals surface area contributed by atoms with Crippen molar-refractivity contribution in [1.82, 2.24) is 23.9 Å². The van der Waals surface area contributed by atoms with Crippen molar-refractivity contribution < 1.29 is 14.9 Å². The minimum Gasteiger partial charge on any atom is -0.390 e. The summed E-state index contributed by atoms with van der Waals surface area (Å²) in [5, 5.41) is 23.3. The van der Waals surface area contributed by atoms with Gasteiger partial charge in [0.1, 0.15) is 34.7 Å². The lowest BCUT2D eigenvalue weighted by Crippen LogP contribution is -2.37. The van der Waals surface area contributed by atoms with Gasteiger partial charge in [0.25, 0.3) is 0 Å². The monoisotopic (exact) mass is 440 g/mol. The Morgan fingerprint density at radius 1 is 1.16 bits per heavy atom. The van der Waals surface area contributed by atoms with Crippen molar-refractivity contribution in [2.24, 2.45) is 5.41 Å². The number of fused-ring (bicyclic) bond motifs is 2. The number of anilines is 1. The summed E-state index contributed by atoms with van der Waals surface area (Å²) in [6.45, 7) is 0.364. The SMILES string of the molecule is Nc1ncnc2c1ccn2[C@@H]1C[C@@]2(CO[C@@H](c3ccn4c(Cl)cnc4c3)C2)[C@@H](O)[C@H]1O. The molecule has 31 heavy (non-hydrogen) atoms. The molecule has 0 radical (unpaired) electrons. The Morgan fingerprint density at radius 2 is 2.03 bits per heavy atom. The normalized spacial score (nSPS) is 30.8. The third-order valence-corrected chi connectivity index (χ3v) is 7.17. The summed E-state index contributed by atoms with van der Waals surface area (Å²) in [4.78, 5) is 12.7. The molecule has 9 nitrogen and oxygen atoms in total. The molecule has 5 atom stereocenters. The van der Waals surface area contributed by atoms with Gasteiger partial charge in [0.05, 0.1) is 36.4 Å². The highest BCUT2D eigenvalue weighted by Crippen LogP contribution is 2.54. The Bertz CT molecular complexity index is 1310. The number of aromatic nitrogens is 5. The first kappa shape index (κ1) is 19.0. The predicted molar refractivity (Wildman–Crippen MR) is 114 cm³/mol. The Hall–Kier alpha value is -2.72. The molecule has 6 rings (SSSR count). The van der Waals surface area contributed by atoms with Gasteiger partial charge in [-0.15, -0.1) is 0 Å². The number of ether oxygens (including phenoxy) is 1. The molecule has 2 aliphatic rings. The van der Waals surface area contributed by atoms with E-state index in [4.69, 9.17) is 22.1 Å². The average Bonchev–Trinajstić information content (AvgIpc) is 3.53. The molecule has 1 aliphatic carbocycles. The Kier molecular flexibility index (Phi) is 4.07.